The monoisotopic (exact) mass is 253 g/mol. The van der Waals surface area contributed by atoms with E-state index in [0.29, 0.717) is 24.3 Å². The molecule has 0 aliphatic rings. The zero-order chi connectivity index (χ0) is 13.7. The van der Waals surface area contributed by atoms with Crippen LogP contribution in [-0.4, -0.2) is 40.2 Å². The van der Waals surface area contributed by atoms with Gasteiger partial charge in [-0.1, -0.05) is 6.92 Å². The van der Waals surface area contributed by atoms with E-state index in [1.54, 1.807) is 31.1 Å². The zero-order valence-electron chi connectivity index (χ0n) is 11.4. The van der Waals surface area contributed by atoms with Crippen LogP contribution in [0.1, 0.15) is 37.2 Å². The predicted octanol–water partition coefficient (Wildman–Crippen LogP) is 1.32. The second-order valence-electron chi connectivity index (χ2n) is 4.72. The van der Waals surface area contributed by atoms with Gasteiger partial charge in [0.05, 0.1) is 11.8 Å². The van der Waals surface area contributed by atoms with Gasteiger partial charge in [0, 0.05) is 26.3 Å². The Morgan fingerprint density at radius 1 is 1.61 bits per heavy atom. The first-order chi connectivity index (χ1) is 8.45. The number of carbonyl (C=O) groups is 1. The van der Waals surface area contributed by atoms with E-state index in [1.807, 2.05) is 4.57 Å². The molecule has 0 aromatic carbocycles. The van der Waals surface area contributed by atoms with Crippen LogP contribution in [0.4, 0.5) is 5.69 Å². The van der Waals surface area contributed by atoms with E-state index in [2.05, 4.69) is 6.92 Å². The van der Waals surface area contributed by atoms with Crippen molar-refractivity contribution in [3.05, 3.63) is 18.0 Å². The number of nitrogens with zero attached hydrogens (tertiary/aromatic N) is 2. The number of aliphatic hydroxyl groups is 1. The highest BCUT2D eigenvalue weighted by Crippen LogP contribution is 2.13. The van der Waals surface area contributed by atoms with Crippen LogP contribution in [0.15, 0.2) is 12.3 Å². The van der Waals surface area contributed by atoms with Crippen LogP contribution < -0.4 is 5.73 Å². The Balaban J connectivity index is 2.76. The second kappa shape index (κ2) is 6.44. The molecule has 0 aliphatic heterocycles. The van der Waals surface area contributed by atoms with E-state index >= 15 is 0 Å². The quantitative estimate of drug-likeness (QED) is 0.803. The fraction of sp³-hybridized carbons (Fsp3) is 0.615. The van der Waals surface area contributed by atoms with Gasteiger partial charge in [-0.2, -0.15) is 0 Å². The van der Waals surface area contributed by atoms with Crippen molar-refractivity contribution in [2.24, 2.45) is 0 Å². The summed E-state index contributed by atoms with van der Waals surface area (Å²) in [4.78, 5) is 13.9. The predicted molar refractivity (Wildman–Crippen MR) is 72.4 cm³/mol. The van der Waals surface area contributed by atoms with Crippen LogP contribution in [-0.2, 0) is 6.54 Å². The van der Waals surface area contributed by atoms with Gasteiger partial charge in [0.15, 0.2) is 0 Å². The normalized spacial score (nSPS) is 12.4. The van der Waals surface area contributed by atoms with Gasteiger partial charge < -0.3 is 20.3 Å². The zero-order valence-corrected chi connectivity index (χ0v) is 11.4. The van der Waals surface area contributed by atoms with E-state index in [-0.39, 0.29) is 5.91 Å². The van der Waals surface area contributed by atoms with Gasteiger partial charge >= 0.3 is 0 Å². The number of carbonyl (C=O) groups excluding carboxylic acids is 1. The summed E-state index contributed by atoms with van der Waals surface area (Å²) in [6.07, 6.45) is 2.92. The molecule has 1 amide bonds. The Morgan fingerprint density at radius 3 is 2.83 bits per heavy atom. The maximum Gasteiger partial charge on any atom is 0.270 e. The van der Waals surface area contributed by atoms with Gasteiger partial charge in [0.2, 0.25) is 0 Å². The molecule has 0 aliphatic carbocycles. The molecule has 18 heavy (non-hydrogen) atoms. The Labute approximate surface area is 108 Å². The first-order valence-corrected chi connectivity index (χ1v) is 6.34. The van der Waals surface area contributed by atoms with Gasteiger partial charge in [-0.25, -0.2) is 0 Å². The minimum absolute atomic E-state index is 0.0548. The lowest BCUT2D eigenvalue weighted by Crippen LogP contribution is -2.31. The van der Waals surface area contributed by atoms with Crippen molar-refractivity contribution in [2.45, 2.75) is 39.3 Å². The summed E-state index contributed by atoms with van der Waals surface area (Å²) >= 11 is 0. The van der Waals surface area contributed by atoms with Gasteiger partial charge in [-0.05, 0) is 25.8 Å². The van der Waals surface area contributed by atoms with Gasteiger partial charge in [0.1, 0.15) is 5.69 Å². The fourth-order valence-corrected chi connectivity index (χ4v) is 1.82. The molecule has 1 unspecified atom stereocenters. The smallest absolute Gasteiger partial charge is 0.270 e. The maximum atomic E-state index is 12.2. The average Bonchev–Trinajstić information content (AvgIpc) is 2.66. The van der Waals surface area contributed by atoms with Crippen molar-refractivity contribution in [1.29, 1.82) is 0 Å². The van der Waals surface area contributed by atoms with Crippen molar-refractivity contribution in [3.8, 4) is 0 Å². The highest BCUT2D eigenvalue weighted by atomic mass is 16.3. The third-order valence-corrected chi connectivity index (χ3v) is 2.83. The number of nitrogens with two attached hydrogens (primary N) is 1. The molecule has 1 heterocycles. The summed E-state index contributed by atoms with van der Waals surface area (Å²) in [7, 11) is 1.74. The maximum absolute atomic E-state index is 12.2. The summed E-state index contributed by atoms with van der Waals surface area (Å²) < 4.78 is 1.89. The number of hydrogen-bond acceptors (Lipinski definition) is 3. The highest BCUT2D eigenvalue weighted by Gasteiger charge is 2.17. The lowest BCUT2D eigenvalue weighted by molar-refractivity contribution is 0.0758. The molecular weight excluding hydrogens is 230 g/mol. The van der Waals surface area contributed by atoms with E-state index in [0.717, 1.165) is 13.0 Å². The number of anilines is 1. The van der Waals surface area contributed by atoms with E-state index in [1.165, 1.54) is 0 Å². The van der Waals surface area contributed by atoms with Crippen molar-refractivity contribution in [1.82, 2.24) is 9.47 Å². The van der Waals surface area contributed by atoms with Crippen LogP contribution >= 0.6 is 0 Å². The number of nitrogen functional groups attached to an aromatic ring is 1. The van der Waals surface area contributed by atoms with Crippen molar-refractivity contribution >= 4 is 11.6 Å². The summed E-state index contributed by atoms with van der Waals surface area (Å²) in [6, 6.07) is 1.71. The van der Waals surface area contributed by atoms with Crippen LogP contribution in [0.2, 0.25) is 0 Å². The first-order valence-electron chi connectivity index (χ1n) is 6.34. The van der Waals surface area contributed by atoms with Crippen molar-refractivity contribution in [2.75, 3.05) is 19.3 Å². The van der Waals surface area contributed by atoms with Crippen LogP contribution in [0, 0.1) is 0 Å². The van der Waals surface area contributed by atoms with Crippen LogP contribution in [0.25, 0.3) is 0 Å². The third-order valence-electron chi connectivity index (χ3n) is 2.83. The number of aryl methyl sites for hydroxylation is 1. The Kier molecular flexibility index (Phi) is 5.22. The van der Waals surface area contributed by atoms with Crippen LogP contribution in [0.3, 0.4) is 0 Å². The molecule has 0 radical (unpaired) electrons. The molecule has 3 N–H and O–H groups in total. The van der Waals surface area contributed by atoms with E-state index in [4.69, 9.17) is 5.73 Å². The molecule has 1 aromatic rings. The molecule has 1 rings (SSSR count). The minimum Gasteiger partial charge on any atom is -0.397 e. The van der Waals surface area contributed by atoms with Gasteiger partial charge in [-0.15, -0.1) is 0 Å². The van der Waals surface area contributed by atoms with E-state index < -0.39 is 6.10 Å². The number of aromatic nitrogens is 1. The molecule has 102 valence electrons. The average molecular weight is 253 g/mol. The van der Waals surface area contributed by atoms with Gasteiger partial charge in [-0.3, -0.25) is 4.79 Å². The Bertz CT molecular complexity index is 399. The molecular formula is C13H23N3O2. The van der Waals surface area contributed by atoms with E-state index in [9.17, 15) is 9.90 Å². The Hall–Kier alpha value is -1.49. The molecule has 0 saturated heterocycles. The SMILES string of the molecule is CCCn1cc(N)cc1C(=O)N(C)CCC(C)O. The molecule has 5 heteroatoms. The second-order valence-corrected chi connectivity index (χ2v) is 4.72. The number of amides is 1. The molecule has 0 bridgehead atoms. The Morgan fingerprint density at radius 2 is 2.28 bits per heavy atom. The molecule has 0 spiro atoms. The fourth-order valence-electron chi connectivity index (χ4n) is 1.82. The third kappa shape index (κ3) is 3.77. The minimum atomic E-state index is -0.396. The first kappa shape index (κ1) is 14.6. The lowest BCUT2D eigenvalue weighted by atomic mass is 10.2. The highest BCUT2D eigenvalue weighted by molar-refractivity contribution is 5.93. The number of hydrogen-bond donors (Lipinski definition) is 2. The summed E-state index contributed by atoms with van der Waals surface area (Å²) in [5.74, 6) is -0.0548. The molecule has 1 aromatic heterocycles. The summed E-state index contributed by atoms with van der Waals surface area (Å²) in [6.45, 7) is 5.09. The topological polar surface area (TPSA) is 71.5 Å². The summed E-state index contributed by atoms with van der Waals surface area (Å²) in [5.41, 5.74) is 6.96. The standard InChI is InChI=1S/C13H23N3O2/c1-4-6-16-9-11(14)8-12(16)13(18)15(3)7-5-10(2)17/h8-10,17H,4-7,14H2,1-3H3. The molecule has 0 fully saturated rings. The van der Waals surface area contributed by atoms with Crippen molar-refractivity contribution in [3.63, 3.8) is 0 Å². The number of rotatable bonds is 6. The molecule has 5 nitrogen and oxygen atoms in total. The van der Waals surface area contributed by atoms with Crippen molar-refractivity contribution < 1.29 is 9.90 Å². The van der Waals surface area contributed by atoms with Gasteiger partial charge in [0.25, 0.3) is 5.91 Å². The molecule has 0 saturated carbocycles. The summed E-state index contributed by atoms with van der Waals surface area (Å²) in [5, 5.41) is 9.23. The molecule has 1 atom stereocenters. The lowest BCUT2D eigenvalue weighted by Gasteiger charge is -2.19. The largest absolute Gasteiger partial charge is 0.397 e. The number of aliphatic hydroxyl groups excluding tert-OH is 1. The van der Waals surface area contributed by atoms with Crippen LogP contribution in [0.5, 0.6) is 0 Å².